The van der Waals surface area contributed by atoms with Gasteiger partial charge in [-0.1, -0.05) is 29.8 Å². The number of H-pyrrole nitrogens is 1. The molecule has 0 fully saturated rings. The fourth-order valence-corrected chi connectivity index (χ4v) is 2.40. The Hall–Kier alpha value is -1.87. The van der Waals surface area contributed by atoms with Crippen LogP contribution in [0.1, 0.15) is 5.56 Å². The molecule has 0 atom stereocenters. The van der Waals surface area contributed by atoms with E-state index in [0.29, 0.717) is 0 Å². The molecule has 0 saturated heterocycles. The van der Waals surface area contributed by atoms with Crippen molar-refractivity contribution in [3.63, 3.8) is 0 Å². The quantitative estimate of drug-likeness (QED) is 0.717. The molecule has 84 valence electrons. The van der Waals surface area contributed by atoms with Gasteiger partial charge in [0.25, 0.3) is 0 Å². The summed E-state index contributed by atoms with van der Waals surface area (Å²) in [5.74, 6) is 0.922. The van der Waals surface area contributed by atoms with Gasteiger partial charge in [0.15, 0.2) is 0 Å². The molecule has 2 heterocycles. The van der Waals surface area contributed by atoms with Crippen LogP contribution in [0.5, 0.6) is 0 Å². The number of aryl methyl sites for hydroxylation is 1. The molecule has 0 radical (unpaired) electrons. The number of hydrogen-bond acceptors (Lipinski definition) is 2. The van der Waals surface area contributed by atoms with E-state index in [1.54, 1.807) is 11.3 Å². The molecule has 3 aromatic rings. The van der Waals surface area contributed by atoms with Crippen LogP contribution < -0.4 is 0 Å². The first-order chi connectivity index (χ1) is 8.33. The molecule has 0 amide bonds. The fraction of sp³-hybridized carbons (Fsp3) is 0.0714. The minimum absolute atomic E-state index is 0.922. The maximum absolute atomic E-state index is 4.42. The summed E-state index contributed by atoms with van der Waals surface area (Å²) in [6.45, 7) is 2.09. The Morgan fingerprint density at radius 1 is 1.06 bits per heavy atom. The van der Waals surface area contributed by atoms with E-state index < -0.39 is 0 Å². The Labute approximate surface area is 104 Å². The normalized spacial score (nSPS) is 10.6. The largest absolute Gasteiger partial charge is 0.338 e. The van der Waals surface area contributed by atoms with Gasteiger partial charge in [-0.05, 0) is 18.4 Å². The van der Waals surface area contributed by atoms with Crippen LogP contribution in [0.25, 0.3) is 22.6 Å². The molecule has 3 rings (SSSR count). The van der Waals surface area contributed by atoms with E-state index in [-0.39, 0.29) is 0 Å². The zero-order valence-electron chi connectivity index (χ0n) is 9.47. The van der Waals surface area contributed by atoms with Crippen molar-refractivity contribution in [2.24, 2.45) is 0 Å². The average molecular weight is 240 g/mol. The molecule has 0 spiro atoms. The number of aromatic nitrogens is 2. The first kappa shape index (κ1) is 10.3. The Morgan fingerprint density at radius 2 is 1.88 bits per heavy atom. The van der Waals surface area contributed by atoms with Crippen LogP contribution in [0.3, 0.4) is 0 Å². The molecule has 0 aliphatic carbocycles. The van der Waals surface area contributed by atoms with Crippen molar-refractivity contribution in [3.05, 3.63) is 52.9 Å². The number of nitrogens with zero attached hydrogens (tertiary/aromatic N) is 1. The molecule has 2 nitrogen and oxygen atoms in total. The van der Waals surface area contributed by atoms with Crippen molar-refractivity contribution in [1.29, 1.82) is 0 Å². The lowest BCUT2D eigenvalue weighted by Crippen LogP contribution is -1.80. The van der Waals surface area contributed by atoms with Gasteiger partial charge >= 0.3 is 0 Å². The zero-order chi connectivity index (χ0) is 11.7. The molecule has 1 aromatic carbocycles. The Bertz CT molecular complexity index is 606. The van der Waals surface area contributed by atoms with E-state index in [1.807, 2.05) is 6.20 Å². The van der Waals surface area contributed by atoms with Crippen molar-refractivity contribution < 1.29 is 0 Å². The second-order valence-electron chi connectivity index (χ2n) is 4.02. The number of rotatable bonds is 2. The lowest BCUT2D eigenvalue weighted by atomic mass is 10.1. The predicted molar refractivity (Wildman–Crippen MR) is 72.1 cm³/mol. The maximum Gasteiger partial charge on any atom is 0.137 e. The van der Waals surface area contributed by atoms with Gasteiger partial charge in [0.05, 0.1) is 11.9 Å². The van der Waals surface area contributed by atoms with Gasteiger partial charge in [0, 0.05) is 16.5 Å². The summed E-state index contributed by atoms with van der Waals surface area (Å²) < 4.78 is 0. The van der Waals surface area contributed by atoms with Gasteiger partial charge in [-0.15, -0.1) is 0 Å². The summed E-state index contributed by atoms with van der Waals surface area (Å²) in [5, 5.41) is 4.19. The number of thiophene rings is 1. The summed E-state index contributed by atoms with van der Waals surface area (Å²) in [6, 6.07) is 10.5. The summed E-state index contributed by atoms with van der Waals surface area (Å²) in [5.41, 5.74) is 4.65. The van der Waals surface area contributed by atoms with Crippen molar-refractivity contribution >= 4 is 11.3 Å². The van der Waals surface area contributed by atoms with Gasteiger partial charge in [-0.25, -0.2) is 4.98 Å². The van der Waals surface area contributed by atoms with Crippen molar-refractivity contribution in [1.82, 2.24) is 9.97 Å². The second-order valence-corrected chi connectivity index (χ2v) is 4.80. The Kier molecular flexibility index (Phi) is 2.53. The molecule has 0 unspecified atom stereocenters. The van der Waals surface area contributed by atoms with Crippen LogP contribution in [0.2, 0.25) is 0 Å². The van der Waals surface area contributed by atoms with Crippen molar-refractivity contribution in [2.45, 2.75) is 6.92 Å². The highest BCUT2D eigenvalue weighted by molar-refractivity contribution is 7.08. The van der Waals surface area contributed by atoms with Crippen LogP contribution in [-0.4, -0.2) is 9.97 Å². The monoisotopic (exact) mass is 240 g/mol. The Balaban J connectivity index is 1.98. The van der Waals surface area contributed by atoms with Crippen LogP contribution in [0.4, 0.5) is 0 Å². The van der Waals surface area contributed by atoms with Gasteiger partial charge in [0.1, 0.15) is 5.82 Å². The van der Waals surface area contributed by atoms with Crippen LogP contribution in [0.15, 0.2) is 47.3 Å². The smallest absolute Gasteiger partial charge is 0.137 e. The van der Waals surface area contributed by atoms with E-state index in [1.165, 1.54) is 11.1 Å². The zero-order valence-corrected chi connectivity index (χ0v) is 10.3. The van der Waals surface area contributed by atoms with E-state index >= 15 is 0 Å². The van der Waals surface area contributed by atoms with E-state index in [0.717, 1.165) is 17.1 Å². The third-order valence-electron chi connectivity index (χ3n) is 2.73. The number of hydrogen-bond donors (Lipinski definition) is 1. The third-order valence-corrected chi connectivity index (χ3v) is 3.42. The molecule has 0 bridgehead atoms. The van der Waals surface area contributed by atoms with Gasteiger partial charge < -0.3 is 4.98 Å². The SMILES string of the molecule is Cc1ccc(-c2ncc(-c3ccsc3)[nH]2)cc1. The van der Waals surface area contributed by atoms with Crippen molar-refractivity contribution in [2.75, 3.05) is 0 Å². The second kappa shape index (κ2) is 4.18. The van der Waals surface area contributed by atoms with Gasteiger partial charge in [0.2, 0.25) is 0 Å². The van der Waals surface area contributed by atoms with Crippen LogP contribution in [-0.2, 0) is 0 Å². The summed E-state index contributed by atoms with van der Waals surface area (Å²) in [6.07, 6.45) is 1.89. The predicted octanol–water partition coefficient (Wildman–Crippen LogP) is 4.11. The molecule has 0 aliphatic heterocycles. The van der Waals surface area contributed by atoms with E-state index in [4.69, 9.17) is 0 Å². The molecule has 3 heteroatoms. The number of aromatic amines is 1. The maximum atomic E-state index is 4.42. The molecule has 17 heavy (non-hydrogen) atoms. The lowest BCUT2D eigenvalue weighted by molar-refractivity contribution is 1.30. The minimum Gasteiger partial charge on any atom is -0.338 e. The molecule has 2 aromatic heterocycles. The fourth-order valence-electron chi connectivity index (χ4n) is 1.74. The summed E-state index contributed by atoms with van der Waals surface area (Å²) in [7, 11) is 0. The van der Waals surface area contributed by atoms with Crippen molar-refractivity contribution in [3.8, 4) is 22.6 Å². The average Bonchev–Trinajstić information content (AvgIpc) is 3.00. The lowest BCUT2D eigenvalue weighted by Gasteiger charge is -1.97. The highest BCUT2D eigenvalue weighted by Crippen LogP contribution is 2.23. The number of benzene rings is 1. The highest BCUT2D eigenvalue weighted by Gasteiger charge is 2.05. The van der Waals surface area contributed by atoms with Gasteiger partial charge in [-0.3, -0.25) is 0 Å². The van der Waals surface area contributed by atoms with E-state index in [9.17, 15) is 0 Å². The topological polar surface area (TPSA) is 28.7 Å². The molecule has 0 saturated carbocycles. The highest BCUT2D eigenvalue weighted by atomic mass is 32.1. The first-order valence-corrected chi connectivity index (χ1v) is 6.42. The minimum atomic E-state index is 0.922. The van der Waals surface area contributed by atoms with Crippen LogP contribution in [0, 0.1) is 6.92 Å². The van der Waals surface area contributed by atoms with Gasteiger partial charge in [-0.2, -0.15) is 11.3 Å². The Morgan fingerprint density at radius 3 is 2.59 bits per heavy atom. The molecular weight excluding hydrogens is 228 g/mol. The molecule has 1 N–H and O–H groups in total. The van der Waals surface area contributed by atoms with E-state index in [2.05, 4.69) is 58.0 Å². The molecule has 0 aliphatic rings. The van der Waals surface area contributed by atoms with Crippen LogP contribution >= 0.6 is 11.3 Å². The summed E-state index contributed by atoms with van der Waals surface area (Å²) in [4.78, 5) is 7.77. The number of nitrogens with one attached hydrogen (secondary N) is 1. The first-order valence-electron chi connectivity index (χ1n) is 5.47. The molecular formula is C14H12N2S. The number of imidazole rings is 1. The standard InChI is InChI=1S/C14H12N2S/c1-10-2-4-11(5-3-10)14-15-8-13(16-14)12-6-7-17-9-12/h2-9H,1H3,(H,15,16). The third kappa shape index (κ3) is 2.01. The summed E-state index contributed by atoms with van der Waals surface area (Å²) >= 11 is 1.69.